The first-order valence-corrected chi connectivity index (χ1v) is 9.97. The van der Waals surface area contributed by atoms with E-state index in [4.69, 9.17) is 4.74 Å². The number of carbonyl (C=O) groups is 2. The van der Waals surface area contributed by atoms with Crippen LogP contribution in [0.3, 0.4) is 0 Å². The molecule has 1 unspecified atom stereocenters. The molecule has 1 atom stereocenters. The van der Waals surface area contributed by atoms with Crippen molar-refractivity contribution in [3.8, 4) is 11.1 Å². The van der Waals surface area contributed by atoms with E-state index in [0.717, 1.165) is 36.1 Å². The van der Waals surface area contributed by atoms with Crippen molar-refractivity contribution in [2.45, 2.75) is 31.8 Å². The molecule has 5 heteroatoms. The summed E-state index contributed by atoms with van der Waals surface area (Å²) in [7, 11) is 0. The monoisotopic (exact) mass is 378 g/mol. The molecule has 2 amide bonds. The van der Waals surface area contributed by atoms with Crippen LogP contribution in [0.4, 0.5) is 5.69 Å². The maximum absolute atomic E-state index is 13.0. The van der Waals surface area contributed by atoms with Crippen molar-refractivity contribution < 1.29 is 14.3 Å². The molecule has 2 fully saturated rings. The minimum absolute atomic E-state index is 0.0533. The Morgan fingerprint density at radius 1 is 1.00 bits per heavy atom. The van der Waals surface area contributed by atoms with Gasteiger partial charge in [-0.3, -0.25) is 9.59 Å². The predicted molar refractivity (Wildman–Crippen MR) is 109 cm³/mol. The van der Waals surface area contributed by atoms with Gasteiger partial charge in [0.1, 0.15) is 12.1 Å². The van der Waals surface area contributed by atoms with Crippen LogP contribution >= 0.6 is 0 Å². The molecule has 2 aliphatic rings. The van der Waals surface area contributed by atoms with Crippen molar-refractivity contribution in [3.63, 3.8) is 0 Å². The summed E-state index contributed by atoms with van der Waals surface area (Å²) in [6, 6.07) is 18.0. The highest BCUT2D eigenvalue weighted by Crippen LogP contribution is 2.32. The van der Waals surface area contributed by atoms with Gasteiger partial charge in [0.2, 0.25) is 5.91 Å². The number of ether oxygens (including phenoxy) is 1. The van der Waals surface area contributed by atoms with Gasteiger partial charge in [0.25, 0.3) is 5.91 Å². The fourth-order valence-corrected chi connectivity index (χ4v) is 4.11. The average molecular weight is 378 g/mol. The maximum atomic E-state index is 13.0. The van der Waals surface area contributed by atoms with Crippen LogP contribution in [0.25, 0.3) is 11.1 Å². The van der Waals surface area contributed by atoms with E-state index in [1.54, 1.807) is 9.80 Å². The lowest BCUT2D eigenvalue weighted by molar-refractivity contribution is -0.163. The number of anilines is 1. The van der Waals surface area contributed by atoms with Gasteiger partial charge in [0.05, 0.1) is 5.69 Å². The third-order valence-corrected chi connectivity index (χ3v) is 5.71. The summed E-state index contributed by atoms with van der Waals surface area (Å²) in [4.78, 5) is 29.4. The van der Waals surface area contributed by atoms with E-state index in [9.17, 15) is 9.59 Å². The predicted octanol–water partition coefficient (Wildman–Crippen LogP) is 3.49. The van der Waals surface area contributed by atoms with Gasteiger partial charge < -0.3 is 14.5 Å². The Morgan fingerprint density at radius 3 is 2.46 bits per heavy atom. The van der Waals surface area contributed by atoms with Crippen LogP contribution in [0.5, 0.6) is 0 Å². The molecule has 0 bridgehead atoms. The maximum Gasteiger partial charge on any atom is 0.255 e. The molecule has 28 heavy (non-hydrogen) atoms. The number of hydrogen-bond donors (Lipinski definition) is 0. The third-order valence-electron chi connectivity index (χ3n) is 5.71. The fourth-order valence-electron chi connectivity index (χ4n) is 4.11. The Kier molecular flexibility index (Phi) is 5.18. The lowest BCUT2D eigenvalue weighted by Crippen LogP contribution is -2.58. The van der Waals surface area contributed by atoms with Crippen LogP contribution in [0.2, 0.25) is 0 Å². The highest BCUT2D eigenvalue weighted by Gasteiger charge is 2.41. The molecule has 2 saturated heterocycles. The topological polar surface area (TPSA) is 49.9 Å². The molecule has 2 heterocycles. The van der Waals surface area contributed by atoms with Crippen LogP contribution in [-0.2, 0) is 14.3 Å². The second kappa shape index (κ2) is 7.76. The molecule has 4 rings (SSSR count). The smallest absolute Gasteiger partial charge is 0.255 e. The molecule has 0 aromatic heterocycles. The highest BCUT2D eigenvalue weighted by molar-refractivity contribution is 6.01. The largest absolute Gasteiger partial charge is 0.365 e. The Labute approximate surface area is 165 Å². The lowest BCUT2D eigenvalue weighted by atomic mass is 9.94. The molecule has 0 radical (unpaired) electrons. The normalized spacial score (nSPS) is 23.0. The van der Waals surface area contributed by atoms with Gasteiger partial charge in [0.15, 0.2) is 0 Å². The van der Waals surface area contributed by atoms with Gasteiger partial charge >= 0.3 is 0 Å². The quantitative estimate of drug-likeness (QED) is 0.822. The van der Waals surface area contributed by atoms with Gasteiger partial charge in [-0.1, -0.05) is 48.5 Å². The summed E-state index contributed by atoms with van der Waals surface area (Å²) in [6.45, 7) is 3.58. The van der Waals surface area contributed by atoms with E-state index in [1.807, 2.05) is 61.5 Å². The number of rotatable bonds is 3. The van der Waals surface area contributed by atoms with E-state index < -0.39 is 5.60 Å². The second-order valence-corrected chi connectivity index (χ2v) is 7.69. The van der Waals surface area contributed by atoms with Crippen LogP contribution in [-0.4, -0.2) is 48.6 Å². The number of nitrogens with zero attached hydrogens (tertiary/aromatic N) is 2. The summed E-state index contributed by atoms with van der Waals surface area (Å²) in [5, 5.41) is 0. The molecule has 0 N–H and O–H groups in total. The second-order valence-electron chi connectivity index (χ2n) is 7.69. The van der Waals surface area contributed by atoms with E-state index >= 15 is 0 Å². The van der Waals surface area contributed by atoms with Crippen molar-refractivity contribution in [1.29, 1.82) is 0 Å². The minimum atomic E-state index is -0.789. The van der Waals surface area contributed by atoms with Crippen LogP contribution in [0, 0.1) is 0 Å². The number of benzene rings is 2. The standard InChI is InChI=1S/C23H26N2O3/c1-23(13-7-8-16-28-23)22(27)24-14-15-25(21(26)17-24)20-12-6-5-11-19(20)18-9-3-2-4-10-18/h2-6,9-12H,7-8,13-17H2,1H3. The van der Waals surface area contributed by atoms with Crippen molar-refractivity contribution in [2.24, 2.45) is 0 Å². The van der Waals surface area contributed by atoms with Crippen molar-refractivity contribution in [1.82, 2.24) is 4.90 Å². The number of para-hydroxylation sites is 1. The molecule has 0 aliphatic carbocycles. The Morgan fingerprint density at radius 2 is 1.75 bits per heavy atom. The van der Waals surface area contributed by atoms with Gasteiger partial charge in [0, 0.05) is 25.3 Å². The van der Waals surface area contributed by atoms with E-state index in [2.05, 4.69) is 0 Å². The van der Waals surface area contributed by atoms with Crippen molar-refractivity contribution in [3.05, 3.63) is 54.6 Å². The molecule has 2 aromatic carbocycles. The summed E-state index contributed by atoms with van der Waals surface area (Å²) >= 11 is 0. The van der Waals surface area contributed by atoms with E-state index in [1.165, 1.54) is 0 Å². The zero-order valence-electron chi connectivity index (χ0n) is 16.3. The lowest BCUT2D eigenvalue weighted by Gasteiger charge is -2.40. The fraction of sp³-hybridized carbons (Fsp3) is 0.391. The summed E-state index contributed by atoms with van der Waals surface area (Å²) in [5.74, 6) is -0.112. The zero-order valence-corrected chi connectivity index (χ0v) is 16.3. The molecular weight excluding hydrogens is 352 g/mol. The first-order valence-electron chi connectivity index (χ1n) is 9.97. The molecule has 0 spiro atoms. The van der Waals surface area contributed by atoms with Crippen molar-refractivity contribution >= 4 is 17.5 Å². The molecule has 0 saturated carbocycles. The molecule has 2 aromatic rings. The molecular formula is C23H26N2O3. The SMILES string of the molecule is CC1(C(=O)N2CCN(c3ccccc3-c3ccccc3)C(=O)C2)CCCCO1. The number of hydrogen-bond acceptors (Lipinski definition) is 3. The number of piperazine rings is 1. The first kappa shape index (κ1) is 18.7. The Hall–Kier alpha value is -2.66. The average Bonchev–Trinajstić information content (AvgIpc) is 2.74. The van der Waals surface area contributed by atoms with Crippen LogP contribution < -0.4 is 4.90 Å². The number of carbonyl (C=O) groups excluding carboxylic acids is 2. The van der Waals surface area contributed by atoms with E-state index in [-0.39, 0.29) is 18.4 Å². The molecule has 5 nitrogen and oxygen atoms in total. The third kappa shape index (κ3) is 3.54. The van der Waals surface area contributed by atoms with Crippen LogP contribution in [0.15, 0.2) is 54.6 Å². The molecule has 2 aliphatic heterocycles. The Balaban J connectivity index is 1.53. The van der Waals surface area contributed by atoms with Crippen LogP contribution in [0.1, 0.15) is 26.2 Å². The Bertz CT molecular complexity index is 859. The van der Waals surface area contributed by atoms with E-state index in [0.29, 0.717) is 19.7 Å². The van der Waals surface area contributed by atoms with Crippen molar-refractivity contribution in [2.75, 3.05) is 31.1 Å². The summed E-state index contributed by atoms with van der Waals surface area (Å²) in [6.07, 6.45) is 2.70. The minimum Gasteiger partial charge on any atom is -0.365 e. The highest BCUT2D eigenvalue weighted by atomic mass is 16.5. The van der Waals surface area contributed by atoms with Gasteiger partial charge in [-0.05, 0) is 37.8 Å². The first-order chi connectivity index (χ1) is 13.6. The summed E-state index contributed by atoms with van der Waals surface area (Å²) in [5.41, 5.74) is 2.21. The zero-order chi connectivity index (χ0) is 19.6. The molecule has 146 valence electrons. The summed E-state index contributed by atoms with van der Waals surface area (Å²) < 4.78 is 5.79. The van der Waals surface area contributed by atoms with Gasteiger partial charge in [-0.25, -0.2) is 0 Å². The van der Waals surface area contributed by atoms with Gasteiger partial charge in [-0.2, -0.15) is 0 Å². The number of amides is 2. The van der Waals surface area contributed by atoms with Gasteiger partial charge in [-0.15, -0.1) is 0 Å².